The van der Waals surface area contributed by atoms with E-state index < -0.39 is 18.2 Å². The molecule has 0 rings (SSSR count). The molecular formula is C11H18O4. The first-order valence-electron chi connectivity index (χ1n) is 4.85. The van der Waals surface area contributed by atoms with Crippen molar-refractivity contribution in [2.24, 2.45) is 5.92 Å². The number of allylic oxidation sites excluding steroid dienone is 1. The fraction of sp³-hybridized carbons (Fsp3) is 0.636. The van der Waals surface area contributed by atoms with Crippen LogP contribution in [0.2, 0.25) is 0 Å². The normalized spacial score (nSPS) is 11.8. The standard InChI is InChI=1S/C11H18O4/c1-7(2)8(3)6-11(14-9(4)12)15-10(5)13/h6-7,11H,1-5H3/b8-6+. The highest BCUT2D eigenvalue weighted by Crippen LogP contribution is 2.11. The third-order valence-corrected chi connectivity index (χ3v) is 1.87. The monoisotopic (exact) mass is 214 g/mol. The molecule has 4 nitrogen and oxygen atoms in total. The summed E-state index contributed by atoms with van der Waals surface area (Å²) in [7, 11) is 0. The maximum atomic E-state index is 10.7. The maximum Gasteiger partial charge on any atom is 0.305 e. The summed E-state index contributed by atoms with van der Waals surface area (Å²) in [5.74, 6) is -0.637. The van der Waals surface area contributed by atoms with Crippen LogP contribution in [0.1, 0.15) is 34.6 Å². The SMILES string of the molecule is CC(=O)OC(/C=C(\C)C(C)C)OC(C)=O. The van der Waals surface area contributed by atoms with E-state index in [1.807, 2.05) is 20.8 Å². The molecule has 0 amide bonds. The van der Waals surface area contributed by atoms with Gasteiger partial charge in [-0.25, -0.2) is 0 Å². The highest BCUT2D eigenvalue weighted by Gasteiger charge is 2.13. The minimum atomic E-state index is -0.914. The molecule has 86 valence electrons. The summed E-state index contributed by atoms with van der Waals surface area (Å²) in [5.41, 5.74) is 1.00. The second-order valence-corrected chi connectivity index (χ2v) is 3.65. The van der Waals surface area contributed by atoms with Gasteiger partial charge in [-0.05, 0) is 18.9 Å². The largest absolute Gasteiger partial charge is 0.421 e. The molecule has 0 aromatic heterocycles. The second kappa shape index (κ2) is 6.22. The van der Waals surface area contributed by atoms with Crippen LogP contribution in [0.5, 0.6) is 0 Å². The van der Waals surface area contributed by atoms with Gasteiger partial charge in [-0.2, -0.15) is 0 Å². The first-order valence-corrected chi connectivity index (χ1v) is 4.85. The van der Waals surface area contributed by atoms with Crippen LogP contribution in [0, 0.1) is 5.92 Å². The van der Waals surface area contributed by atoms with Crippen molar-refractivity contribution in [1.29, 1.82) is 0 Å². The lowest BCUT2D eigenvalue weighted by molar-refractivity contribution is -0.176. The van der Waals surface area contributed by atoms with E-state index in [1.165, 1.54) is 13.8 Å². The zero-order valence-corrected chi connectivity index (χ0v) is 9.87. The van der Waals surface area contributed by atoms with Crippen LogP contribution in [0.4, 0.5) is 0 Å². The third-order valence-electron chi connectivity index (χ3n) is 1.87. The molecule has 0 saturated heterocycles. The van der Waals surface area contributed by atoms with Crippen LogP contribution in [-0.4, -0.2) is 18.2 Å². The smallest absolute Gasteiger partial charge is 0.305 e. The topological polar surface area (TPSA) is 52.6 Å². The van der Waals surface area contributed by atoms with Crippen molar-refractivity contribution < 1.29 is 19.1 Å². The summed E-state index contributed by atoms with van der Waals surface area (Å²) in [6, 6.07) is 0. The van der Waals surface area contributed by atoms with Gasteiger partial charge in [0.05, 0.1) is 0 Å². The second-order valence-electron chi connectivity index (χ2n) is 3.65. The van der Waals surface area contributed by atoms with Crippen LogP contribution in [-0.2, 0) is 19.1 Å². The van der Waals surface area contributed by atoms with E-state index in [1.54, 1.807) is 6.08 Å². The zero-order chi connectivity index (χ0) is 12.0. The summed E-state index contributed by atoms with van der Waals surface area (Å²) in [6.45, 7) is 8.45. The number of carbonyl (C=O) groups is 2. The Kier molecular flexibility index (Phi) is 5.67. The fourth-order valence-corrected chi connectivity index (χ4v) is 0.826. The Morgan fingerprint density at radius 3 is 1.67 bits per heavy atom. The lowest BCUT2D eigenvalue weighted by Crippen LogP contribution is -2.21. The maximum absolute atomic E-state index is 10.7. The number of carbonyl (C=O) groups excluding carboxylic acids is 2. The molecule has 0 heterocycles. The van der Waals surface area contributed by atoms with Gasteiger partial charge in [-0.1, -0.05) is 19.4 Å². The molecule has 0 N–H and O–H groups in total. The Labute approximate surface area is 90.2 Å². The number of esters is 2. The van der Waals surface area contributed by atoms with Crippen LogP contribution in [0.15, 0.2) is 11.6 Å². The molecule has 0 aromatic rings. The van der Waals surface area contributed by atoms with Gasteiger partial charge in [-0.3, -0.25) is 9.59 Å². The van der Waals surface area contributed by atoms with Crippen molar-refractivity contribution in [3.8, 4) is 0 Å². The van der Waals surface area contributed by atoms with E-state index in [4.69, 9.17) is 9.47 Å². The van der Waals surface area contributed by atoms with Gasteiger partial charge in [0, 0.05) is 13.8 Å². The highest BCUT2D eigenvalue weighted by atomic mass is 16.7. The Bertz CT molecular complexity index is 250. The Morgan fingerprint density at radius 1 is 1.00 bits per heavy atom. The van der Waals surface area contributed by atoms with Gasteiger partial charge in [0.15, 0.2) is 0 Å². The molecule has 0 spiro atoms. The first kappa shape index (κ1) is 13.7. The van der Waals surface area contributed by atoms with E-state index in [9.17, 15) is 9.59 Å². The lowest BCUT2D eigenvalue weighted by Gasteiger charge is -2.15. The van der Waals surface area contributed by atoms with Crippen LogP contribution < -0.4 is 0 Å². The van der Waals surface area contributed by atoms with Gasteiger partial charge in [0.25, 0.3) is 6.29 Å². The Hall–Kier alpha value is -1.32. The van der Waals surface area contributed by atoms with E-state index in [0.717, 1.165) is 5.57 Å². The van der Waals surface area contributed by atoms with E-state index in [0.29, 0.717) is 5.92 Å². The van der Waals surface area contributed by atoms with Gasteiger partial charge in [0.2, 0.25) is 0 Å². The molecule has 0 fully saturated rings. The summed E-state index contributed by atoms with van der Waals surface area (Å²) >= 11 is 0. The van der Waals surface area contributed by atoms with Gasteiger partial charge < -0.3 is 9.47 Å². The average Bonchev–Trinajstić information content (AvgIpc) is 2.00. The summed E-state index contributed by atoms with van der Waals surface area (Å²) in [5, 5.41) is 0. The molecule has 15 heavy (non-hydrogen) atoms. The van der Waals surface area contributed by atoms with Crippen molar-refractivity contribution in [3.05, 3.63) is 11.6 Å². The van der Waals surface area contributed by atoms with Crippen molar-refractivity contribution in [2.45, 2.75) is 40.9 Å². The lowest BCUT2D eigenvalue weighted by atomic mass is 10.1. The molecule has 0 aliphatic rings. The minimum Gasteiger partial charge on any atom is -0.421 e. The van der Waals surface area contributed by atoms with E-state index in [2.05, 4.69) is 0 Å². The number of hydrogen-bond acceptors (Lipinski definition) is 4. The van der Waals surface area contributed by atoms with E-state index in [-0.39, 0.29) is 0 Å². The van der Waals surface area contributed by atoms with Crippen LogP contribution in [0.3, 0.4) is 0 Å². The summed E-state index contributed by atoms with van der Waals surface area (Å²) in [6.07, 6.45) is 0.718. The average molecular weight is 214 g/mol. The molecule has 0 aliphatic heterocycles. The highest BCUT2D eigenvalue weighted by molar-refractivity contribution is 5.68. The molecule has 0 saturated carbocycles. The van der Waals surface area contributed by atoms with Crippen LogP contribution >= 0.6 is 0 Å². The van der Waals surface area contributed by atoms with Crippen molar-refractivity contribution in [3.63, 3.8) is 0 Å². The van der Waals surface area contributed by atoms with Crippen molar-refractivity contribution >= 4 is 11.9 Å². The van der Waals surface area contributed by atoms with Gasteiger partial charge in [-0.15, -0.1) is 0 Å². The Balaban J connectivity index is 4.55. The molecular weight excluding hydrogens is 196 g/mol. The molecule has 0 radical (unpaired) electrons. The third kappa shape index (κ3) is 6.71. The molecule has 0 bridgehead atoms. The van der Waals surface area contributed by atoms with Crippen LogP contribution in [0.25, 0.3) is 0 Å². The predicted octanol–water partition coefficient (Wildman–Crippen LogP) is 2.04. The summed E-state index contributed by atoms with van der Waals surface area (Å²) < 4.78 is 9.65. The van der Waals surface area contributed by atoms with Gasteiger partial charge in [0.1, 0.15) is 0 Å². The fourth-order valence-electron chi connectivity index (χ4n) is 0.826. The van der Waals surface area contributed by atoms with Crippen molar-refractivity contribution in [2.75, 3.05) is 0 Å². The molecule has 4 heteroatoms. The number of hydrogen-bond donors (Lipinski definition) is 0. The molecule has 0 unspecified atom stereocenters. The summed E-state index contributed by atoms with van der Waals surface area (Å²) in [4.78, 5) is 21.5. The molecule has 0 aliphatic carbocycles. The van der Waals surface area contributed by atoms with Gasteiger partial charge >= 0.3 is 11.9 Å². The number of ether oxygens (including phenoxy) is 2. The molecule has 0 atom stereocenters. The minimum absolute atomic E-state index is 0.318. The van der Waals surface area contributed by atoms with E-state index >= 15 is 0 Å². The zero-order valence-electron chi connectivity index (χ0n) is 9.87. The molecule has 0 aromatic carbocycles. The predicted molar refractivity (Wildman–Crippen MR) is 55.9 cm³/mol. The number of rotatable bonds is 4. The first-order chi connectivity index (χ1) is 6.82. The quantitative estimate of drug-likeness (QED) is 0.408. The van der Waals surface area contributed by atoms with Crippen molar-refractivity contribution in [1.82, 2.24) is 0 Å². The Morgan fingerprint density at radius 2 is 1.40 bits per heavy atom.